The molecule has 0 bridgehead atoms. The molecule has 2 heterocycles. The summed E-state index contributed by atoms with van der Waals surface area (Å²) in [4.78, 5) is 4.94. The third-order valence-electron chi connectivity index (χ3n) is 4.37. The first-order valence-electron chi connectivity index (χ1n) is 11.3. The molecule has 3 nitrogen and oxygen atoms in total. The van der Waals surface area contributed by atoms with Crippen LogP contribution in [0.2, 0.25) is 5.15 Å². The molecule has 134 valence electrons. The second-order valence-corrected chi connectivity index (χ2v) is 7.58. The summed E-state index contributed by atoms with van der Waals surface area (Å²) in [7, 11) is 0. The summed E-state index contributed by atoms with van der Waals surface area (Å²) in [6.07, 6.45) is -4.62. The highest BCUT2D eigenvalue weighted by Gasteiger charge is 2.26. The van der Waals surface area contributed by atoms with Crippen molar-refractivity contribution in [2.45, 2.75) is 38.2 Å². The minimum absolute atomic E-state index is 0.279. The Morgan fingerprint density at radius 1 is 1.35 bits per heavy atom. The Morgan fingerprint density at radius 3 is 2.92 bits per heavy atom. The summed E-state index contributed by atoms with van der Waals surface area (Å²) in [6.45, 7) is 2.33. The van der Waals surface area contributed by atoms with Crippen molar-refractivity contribution in [3.63, 3.8) is 0 Å². The van der Waals surface area contributed by atoms with Gasteiger partial charge in [-0.2, -0.15) is 0 Å². The molecule has 3 aromatic rings. The fourth-order valence-corrected chi connectivity index (χ4v) is 4.55. The second-order valence-electron chi connectivity index (χ2n) is 6.14. The van der Waals surface area contributed by atoms with Crippen molar-refractivity contribution < 1.29 is 8.22 Å². The molecule has 0 amide bonds. The van der Waals surface area contributed by atoms with E-state index in [9.17, 15) is 0 Å². The fourth-order valence-electron chi connectivity index (χ4n) is 3.02. The second kappa shape index (κ2) is 7.39. The lowest BCUT2D eigenvalue weighted by atomic mass is 9.87. The van der Waals surface area contributed by atoms with Gasteiger partial charge in [-0.05, 0) is 30.8 Å². The Balaban J connectivity index is 1.83. The van der Waals surface area contributed by atoms with Crippen LogP contribution in [0.25, 0.3) is 10.2 Å². The molecule has 26 heavy (non-hydrogen) atoms. The van der Waals surface area contributed by atoms with E-state index < -0.39 is 36.8 Å². The lowest BCUT2D eigenvalue weighted by Gasteiger charge is -2.24. The van der Waals surface area contributed by atoms with Crippen LogP contribution < -0.4 is 11.1 Å². The van der Waals surface area contributed by atoms with E-state index in [4.69, 9.17) is 25.6 Å². The maximum absolute atomic E-state index is 8.52. The normalized spacial score (nSPS) is 27.8. The first-order valence-corrected chi connectivity index (χ1v) is 9.47. The molecule has 1 aliphatic carbocycles. The third kappa shape index (κ3) is 3.37. The number of allylic oxidation sites excluding steroid dienone is 1. The van der Waals surface area contributed by atoms with Crippen molar-refractivity contribution >= 4 is 38.8 Å². The number of thiophene rings is 1. The number of hydrogen-bond donors (Lipinski definition) is 2. The van der Waals surface area contributed by atoms with Gasteiger partial charge in [0.2, 0.25) is 0 Å². The molecule has 2 atom stereocenters. The van der Waals surface area contributed by atoms with Gasteiger partial charge in [-0.15, -0.1) is 11.3 Å². The van der Waals surface area contributed by atoms with Gasteiger partial charge in [0.05, 0.1) is 18.6 Å². The number of fused-ring (bicyclic) bond motifs is 1. The molecule has 5 heteroatoms. The number of hydrogen-bond acceptors (Lipinski definition) is 4. The van der Waals surface area contributed by atoms with Crippen LogP contribution in [-0.2, 0) is 6.54 Å². The van der Waals surface area contributed by atoms with Gasteiger partial charge in [-0.25, -0.2) is 4.98 Å². The van der Waals surface area contributed by atoms with Crippen LogP contribution in [0.15, 0.2) is 48.5 Å². The number of anilines is 1. The SMILES string of the molecule is [2H]C1=C([2H])C([2H])([2H])[C@@H](c2sc3c(NCc4ccccc4)cc(Cl)nc3c2C)[C@H](N)C1([2H])[2H]. The quantitative estimate of drug-likeness (QED) is 0.449. The van der Waals surface area contributed by atoms with Gasteiger partial charge in [-0.3, -0.25) is 0 Å². The minimum Gasteiger partial charge on any atom is -0.380 e. The molecule has 0 aliphatic heterocycles. The topological polar surface area (TPSA) is 50.9 Å². The van der Waals surface area contributed by atoms with Gasteiger partial charge >= 0.3 is 0 Å². The number of aryl methyl sites for hydroxylation is 1. The predicted molar refractivity (Wildman–Crippen MR) is 112 cm³/mol. The minimum atomic E-state index is -2.32. The molecule has 3 N–H and O–H groups in total. The van der Waals surface area contributed by atoms with Crippen molar-refractivity contribution in [1.82, 2.24) is 4.98 Å². The van der Waals surface area contributed by atoms with Crippen LogP contribution in [0.3, 0.4) is 0 Å². The number of rotatable bonds is 4. The molecule has 0 spiro atoms. The van der Waals surface area contributed by atoms with Crippen LogP contribution in [0.4, 0.5) is 5.69 Å². The van der Waals surface area contributed by atoms with E-state index in [1.807, 2.05) is 30.3 Å². The Labute approximate surface area is 171 Å². The van der Waals surface area contributed by atoms with Crippen LogP contribution >= 0.6 is 22.9 Å². The van der Waals surface area contributed by atoms with Crippen molar-refractivity contribution in [2.24, 2.45) is 5.73 Å². The summed E-state index contributed by atoms with van der Waals surface area (Å²) >= 11 is 7.55. The molecule has 0 unspecified atom stereocenters. The Morgan fingerprint density at radius 2 is 2.12 bits per heavy atom. The highest BCUT2D eigenvalue weighted by atomic mass is 35.5. The number of benzene rings is 1. The summed E-state index contributed by atoms with van der Waals surface area (Å²) in [5.74, 6) is -1.14. The number of pyridine rings is 1. The Bertz CT molecular complexity index is 1210. The lowest BCUT2D eigenvalue weighted by molar-refractivity contribution is 0.526. The first kappa shape index (κ1) is 11.8. The van der Waals surface area contributed by atoms with Gasteiger partial charge in [0.1, 0.15) is 5.15 Å². The molecule has 4 rings (SSSR count). The van der Waals surface area contributed by atoms with Crippen LogP contribution in [0.1, 0.15) is 42.9 Å². The summed E-state index contributed by atoms with van der Waals surface area (Å²) in [6, 6.07) is 8.82. The highest BCUT2D eigenvalue weighted by Crippen LogP contribution is 2.42. The molecule has 2 aromatic heterocycles. The van der Waals surface area contributed by atoms with Crippen molar-refractivity contribution in [1.29, 1.82) is 0 Å². The summed E-state index contributed by atoms with van der Waals surface area (Å²) in [5, 5.41) is 3.64. The molecule has 1 aromatic carbocycles. The van der Waals surface area contributed by atoms with Crippen LogP contribution in [0, 0.1) is 6.92 Å². The average Bonchev–Trinajstić information content (AvgIpc) is 3.07. The van der Waals surface area contributed by atoms with E-state index in [1.165, 1.54) is 11.3 Å². The van der Waals surface area contributed by atoms with E-state index in [-0.39, 0.29) is 5.15 Å². The first-order chi connectivity index (χ1) is 15.0. The zero-order valence-corrected chi connectivity index (χ0v) is 15.7. The average molecular weight is 390 g/mol. The molecule has 0 saturated carbocycles. The molecule has 1 aliphatic rings. The zero-order valence-electron chi connectivity index (χ0n) is 20.1. The number of aromatic nitrogens is 1. The third-order valence-corrected chi connectivity index (χ3v) is 5.97. The van der Waals surface area contributed by atoms with Gasteiger partial charge in [0.25, 0.3) is 0 Å². The van der Waals surface area contributed by atoms with E-state index in [2.05, 4.69) is 10.3 Å². The standard InChI is InChI=1S/C21H22ClN3S/c1-13-19-21(26-20(13)15-9-5-6-10-16(15)23)17(11-18(22)25-19)24-12-14-7-3-2-4-8-14/h2-8,11,15-16H,9-10,12,23H2,1H3,(H,24,25)/t15-,16-/m1/s1/i5D,6D,9D2,10D2. The lowest BCUT2D eigenvalue weighted by Crippen LogP contribution is -2.29. The van der Waals surface area contributed by atoms with Gasteiger partial charge in [-0.1, -0.05) is 54.0 Å². The maximum atomic E-state index is 8.52. The van der Waals surface area contributed by atoms with Crippen molar-refractivity contribution in [2.75, 3.05) is 5.32 Å². The zero-order chi connectivity index (χ0) is 23.4. The van der Waals surface area contributed by atoms with E-state index >= 15 is 0 Å². The number of nitrogens with one attached hydrogen (secondary N) is 1. The number of nitrogens with zero attached hydrogens (tertiary/aromatic N) is 1. The van der Waals surface area contributed by atoms with Crippen molar-refractivity contribution in [3.8, 4) is 0 Å². The predicted octanol–water partition coefficient (Wildman–Crippen LogP) is 5.63. The fraction of sp³-hybridized carbons (Fsp3) is 0.286. The maximum Gasteiger partial charge on any atom is 0.131 e. The Kier molecular flexibility index (Phi) is 3.34. The smallest absolute Gasteiger partial charge is 0.131 e. The molecular weight excluding hydrogens is 362 g/mol. The molecule has 0 fully saturated rings. The van der Waals surface area contributed by atoms with E-state index in [0.29, 0.717) is 22.5 Å². The van der Waals surface area contributed by atoms with Crippen LogP contribution in [0.5, 0.6) is 0 Å². The number of halogens is 1. The largest absolute Gasteiger partial charge is 0.380 e. The van der Waals surface area contributed by atoms with Crippen molar-refractivity contribution in [3.05, 3.63) is 69.7 Å². The highest BCUT2D eigenvalue weighted by molar-refractivity contribution is 7.20. The van der Waals surface area contributed by atoms with Crippen LogP contribution in [-0.4, -0.2) is 11.0 Å². The molecule has 0 radical (unpaired) electrons. The van der Waals surface area contributed by atoms with Gasteiger partial charge in [0.15, 0.2) is 0 Å². The van der Waals surface area contributed by atoms with E-state index in [0.717, 1.165) is 16.0 Å². The molecule has 0 saturated heterocycles. The van der Waals surface area contributed by atoms with E-state index in [1.54, 1.807) is 13.0 Å². The monoisotopic (exact) mass is 389 g/mol. The Hall–Kier alpha value is -1.88. The van der Waals surface area contributed by atoms with Gasteiger partial charge in [0, 0.05) is 34.9 Å². The number of nitrogens with two attached hydrogens (primary N) is 1. The van der Waals surface area contributed by atoms with Gasteiger partial charge < -0.3 is 11.1 Å². The summed E-state index contributed by atoms with van der Waals surface area (Å²) < 4.78 is 50.3. The summed E-state index contributed by atoms with van der Waals surface area (Å²) in [5.41, 5.74) is 9.25. The molecular formula is C21H22ClN3S.